The highest BCUT2D eigenvalue weighted by molar-refractivity contribution is 5.76. The lowest BCUT2D eigenvalue weighted by molar-refractivity contribution is -0.121. The lowest BCUT2D eigenvalue weighted by atomic mass is 10.1. The van der Waals surface area contributed by atoms with Gasteiger partial charge in [0.15, 0.2) is 0 Å². The summed E-state index contributed by atoms with van der Waals surface area (Å²) >= 11 is 0. The van der Waals surface area contributed by atoms with Gasteiger partial charge < -0.3 is 16.2 Å². The Morgan fingerprint density at radius 1 is 1.35 bits per heavy atom. The Kier molecular flexibility index (Phi) is 6.10. The van der Waals surface area contributed by atoms with Crippen molar-refractivity contribution in [1.29, 1.82) is 0 Å². The number of nitrogen functional groups attached to an aromatic ring is 1. The van der Waals surface area contributed by atoms with Crippen LogP contribution in [0.25, 0.3) is 0 Å². The number of carbonyl (C=O) groups is 1. The van der Waals surface area contributed by atoms with E-state index in [1.54, 1.807) is 0 Å². The van der Waals surface area contributed by atoms with E-state index in [2.05, 4.69) is 5.32 Å². The fourth-order valence-corrected chi connectivity index (χ4v) is 1.56. The van der Waals surface area contributed by atoms with Crippen LogP contribution >= 0.6 is 0 Å². The molecule has 0 aliphatic rings. The number of nitrogens with one attached hydrogen (secondary N) is 1. The van der Waals surface area contributed by atoms with Crippen LogP contribution in [0.5, 0.6) is 0 Å². The molecule has 0 saturated carbocycles. The highest BCUT2D eigenvalue weighted by atomic mass is 16.2. The molecule has 0 aliphatic carbocycles. The second-order valence-electron chi connectivity index (χ2n) is 4.03. The minimum atomic E-state index is 0.0466. The highest BCUT2D eigenvalue weighted by Crippen LogP contribution is 2.08. The molecular formula is C13H20N2O2. The van der Waals surface area contributed by atoms with Gasteiger partial charge in [-0.25, -0.2) is 0 Å². The first-order valence-corrected chi connectivity index (χ1v) is 5.94. The van der Waals surface area contributed by atoms with Crippen LogP contribution in [-0.4, -0.2) is 24.2 Å². The van der Waals surface area contributed by atoms with Crippen molar-refractivity contribution in [1.82, 2.24) is 5.32 Å². The lowest BCUT2D eigenvalue weighted by Crippen LogP contribution is -2.24. The summed E-state index contributed by atoms with van der Waals surface area (Å²) in [7, 11) is 0. The molecule has 0 aliphatic heterocycles. The Labute approximate surface area is 102 Å². The minimum Gasteiger partial charge on any atom is -0.399 e. The molecule has 0 radical (unpaired) electrons. The number of aryl methyl sites for hydroxylation is 1. The van der Waals surface area contributed by atoms with Gasteiger partial charge in [0.2, 0.25) is 5.91 Å². The third kappa shape index (κ3) is 5.92. The summed E-state index contributed by atoms with van der Waals surface area (Å²) in [4.78, 5) is 11.5. The summed E-state index contributed by atoms with van der Waals surface area (Å²) in [6, 6.07) is 7.58. The van der Waals surface area contributed by atoms with Gasteiger partial charge in [-0.15, -0.1) is 0 Å². The molecule has 4 nitrogen and oxygen atoms in total. The maximum Gasteiger partial charge on any atom is 0.220 e. The van der Waals surface area contributed by atoms with Crippen LogP contribution in [0.1, 0.15) is 24.8 Å². The van der Waals surface area contributed by atoms with E-state index in [1.165, 1.54) is 0 Å². The summed E-state index contributed by atoms with van der Waals surface area (Å²) in [5.74, 6) is 0.0466. The van der Waals surface area contributed by atoms with Gasteiger partial charge in [-0.2, -0.15) is 0 Å². The molecule has 0 bridgehead atoms. The fourth-order valence-electron chi connectivity index (χ4n) is 1.56. The second-order valence-corrected chi connectivity index (χ2v) is 4.03. The Morgan fingerprint density at radius 3 is 2.88 bits per heavy atom. The Morgan fingerprint density at radius 2 is 2.18 bits per heavy atom. The first-order valence-electron chi connectivity index (χ1n) is 5.94. The molecule has 94 valence electrons. The van der Waals surface area contributed by atoms with E-state index in [0.717, 1.165) is 24.1 Å². The molecule has 0 atom stereocenters. The molecule has 1 rings (SSSR count). The van der Waals surface area contributed by atoms with Crippen LogP contribution in [0.15, 0.2) is 24.3 Å². The van der Waals surface area contributed by atoms with Gasteiger partial charge in [-0.3, -0.25) is 4.79 Å². The number of aliphatic hydroxyl groups excluding tert-OH is 1. The molecule has 4 N–H and O–H groups in total. The normalized spacial score (nSPS) is 10.2. The van der Waals surface area contributed by atoms with E-state index in [9.17, 15) is 4.79 Å². The summed E-state index contributed by atoms with van der Waals surface area (Å²) < 4.78 is 0. The van der Waals surface area contributed by atoms with Gasteiger partial charge in [0.05, 0.1) is 0 Å². The predicted octanol–water partition coefficient (Wildman–Crippen LogP) is 1.09. The number of amides is 1. The third-order valence-corrected chi connectivity index (χ3v) is 2.50. The smallest absolute Gasteiger partial charge is 0.220 e. The molecule has 1 aromatic carbocycles. The standard InChI is InChI=1S/C13H20N2O2/c14-12-5-3-4-11(10-12)6-7-13(17)15-8-1-2-9-16/h3-5,10,16H,1-2,6-9,14H2,(H,15,17). The van der Waals surface area contributed by atoms with Gasteiger partial charge in [0.1, 0.15) is 0 Å². The highest BCUT2D eigenvalue weighted by Gasteiger charge is 2.01. The number of unbranched alkanes of at least 4 members (excludes halogenated alkanes) is 1. The maximum absolute atomic E-state index is 11.5. The largest absolute Gasteiger partial charge is 0.399 e. The van der Waals surface area contributed by atoms with Gasteiger partial charge >= 0.3 is 0 Å². The van der Waals surface area contributed by atoms with Crippen LogP contribution in [0.4, 0.5) is 5.69 Å². The van der Waals surface area contributed by atoms with Crippen molar-refractivity contribution in [3.05, 3.63) is 29.8 Å². The molecule has 17 heavy (non-hydrogen) atoms. The van der Waals surface area contributed by atoms with E-state index in [1.807, 2.05) is 24.3 Å². The van der Waals surface area contributed by atoms with Crippen LogP contribution in [0.2, 0.25) is 0 Å². The predicted molar refractivity (Wildman–Crippen MR) is 68.5 cm³/mol. The van der Waals surface area contributed by atoms with Gasteiger partial charge in [-0.05, 0) is 37.0 Å². The van der Waals surface area contributed by atoms with Crippen molar-refractivity contribution in [3.8, 4) is 0 Å². The first kappa shape index (κ1) is 13.5. The number of carbonyl (C=O) groups excluding carboxylic acids is 1. The zero-order valence-corrected chi connectivity index (χ0v) is 9.98. The molecule has 1 aromatic rings. The van der Waals surface area contributed by atoms with Gasteiger partial charge in [-0.1, -0.05) is 12.1 Å². The van der Waals surface area contributed by atoms with E-state index < -0.39 is 0 Å². The van der Waals surface area contributed by atoms with Crippen LogP contribution in [-0.2, 0) is 11.2 Å². The zero-order valence-electron chi connectivity index (χ0n) is 9.98. The summed E-state index contributed by atoms with van der Waals surface area (Å²) in [6.07, 6.45) is 2.73. The third-order valence-electron chi connectivity index (χ3n) is 2.50. The summed E-state index contributed by atoms with van der Waals surface area (Å²) in [5.41, 5.74) is 7.46. The summed E-state index contributed by atoms with van der Waals surface area (Å²) in [6.45, 7) is 0.815. The Hall–Kier alpha value is -1.55. The number of aliphatic hydroxyl groups is 1. The number of benzene rings is 1. The van der Waals surface area contributed by atoms with Crippen LogP contribution < -0.4 is 11.1 Å². The van der Waals surface area contributed by atoms with Crippen molar-refractivity contribution in [3.63, 3.8) is 0 Å². The number of nitrogens with two attached hydrogens (primary N) is 1. The molecule has 0 saturated heterocycles. The molecular weight excluding hydrogens is 216 g/mol. The van der Waals surface area contributed by atoms with E-state index in [4.69, 9.17) is 10.8 Å². The molecule has 0 spiro atoms. The monoisotopic (exact) mass is 236 g/mol. The van der Waals surface area contributed by atoms with E-state index in [-0.39, 0.29) is 12.5 Å². The number of hydrogen-bond donors (Lipinski definition) is 3. The topological polar surface area (TPSA) is 75.4 Å². The van der Waals surface area contributed by atoms with Crippen LogP contribution in [0.3, 0.4) is 0 Å². The quantitative estimate of drug-likeness (QED) is 0.490. The van der Waals surface area contributed by atoms with Crippen molar-refractivity contribution in [2.45, 2.75) is 25.7 Å². The second kappa shape index (κ2) is 7.68. The van der Waals surface area contributed by atoms with Gasteiger partial charge in [0.25, 0.3) is 0 Å². The lowest BCUT2D eigenvalue weighted by Gasteiger charge is -2.05. The Bertz CT molecular complexity index is 353. The molecule has 0 aromatic heterocycles. The van der Waals surface area contributed by atoms with Crippen molar-refractivity contribution in [2.75, 3.05) is 18.9 Å². The minimum absolute atomic E-state index is 0.0466. The Balaban J connectivity index is 2.19. The van der Waals surface area contributed by atoms with Crippen LogP contribution in [0, 0.1) is 0 Å². The fraction of sp³-hybridized carbons (Fsp3) is 0.462. The first-order chi connectivity index (χ1) is 8.22. The SMILES string of the molecule is Nc1cccc(CCC(=O)NCCCCO)c1. The number of anilines is 1. The van der Waals surface area contributed by atoms with E-state index in [0.29, 0.717) is 19.4 Å². The van der Waals surface area contributed by atoms with E-state index >= 15 is 0 Å². The van der Waals surface area contributed by atoms with Crippen molar-refractivity contribution < 1.29 is 9.90 Å². The average molecular weight is 236 g/mol. The maximum atomic E-state index is 11.5. The number of hydrogen-bond acceptors (Lipinski definition) is 3. The zero-order chi connectivity index (χ0) is 12.5. The molecule has 0 fully saturated rings. The van der Waals surface area contributed by atoms with Crippen molar-refractivity contribution in [2.24, 2.45) is 0 Å². The van der Waals surface area contributed by atoms with Gasteiger partial charge in [0, 0.05) is 25.3 Å². The number of rotatable bonds is 7. The molecule has 0 heterocycles. The summed E-state index contributed by atoms with van der Waals surface area (Å²) in [5, 5.41) is 11.4. The molecule has 4 heteroatoms. The molecule has 0 unspecified atom stereocenters. The molecule has 1 amide bonds. The van der Waals surface area contributed by atoms with Crippen molar-refractivity contribution >= 4 is 11.6 Å². The average Bonchev–Trinajstić information content (AvgIpc) is 2.32.